The van der Waals surface area contributed by atoms with E-state index in [0.717, 1.165) is 30.1 Å². The van der Waals surface area contributed by atoms with Crippen LogP contribution in [0.4, 0.5) is 0 Å². The number of rotatable bonds is 8. The molecular formula is C17H25N3O3. The van der Waals surface area contributed by atoms with Crippen molar-refractivity contribution >= 4 is 11.6 Å². The van der Waals surface area contributed by atoms with E-state index >= 15 is 0 Å². The molecular weight excluding hydrogens is 294 g/mol. The van der Waals surface area contributed by atoms with Crippen LogP contribution < -0.4 is 10.1 Å². The van der Waals surface area contributed by atoms with Crippen molar-refractivity contribution in [3.63, 3.8) is 0 Å². The monoisotopic (exact) mass is 319 g/mol. The van der Waals surface area contributed by atoms with Gasteiger partial charge in [0.1, 0.15) is 11.9 Å². The van der Waals surface area contributed by atoms with Crippen LogP contribution in [0, 0.1) is 0 Å². The summed E-state index contributed by atoms with van der Waals surface area (Å²) in [5.74, 6) is 0.837. The zero-order valence-corrected chi connectivity index (χ0v) is 14.0. The highest BCUT2D eigenvalue weighted by Crippen LogP contribution is 2.18. The number of ether oxygens (including phenoxy) is 1. The Kier molecular flexibility index (Phi) is 6.40. The second-order valence-corrected chi connectivity index (χ2v) is 5.46. The lowest BCUT2D eigenvalue weighted by molar-refractivity contribution is -0.122. The molecule has 0 aromatic heterocycles. The topological polar surface area (TPSA) is 63.2 Å². The molecule has 0 saturated heterocycles. The highest BCUT2D eigenvalue weighted by molar-refractivity contribution is 6.01. The summed E-state index contributed by atoms with van der Waals surface area (Å²) in [5, 5.41) is 7.04. The second kappa shape index (κ2) is 8.53. The quantitative estimate of drug-likeness (QED) is 0.791. The molecule has 1 aromatic rings. The van der Waals surface area contributed by atoms with Crippen LogP contribution in [0.25, 0.3) is 0 Å². The number of likely N-dealkylation sites (N-methyl/N-ethyl adjacent to an activating group) is 1. The zero-order chi connectivity index (χ0) is 16.7. The number of carbonyl (C=O) groups is 1. The normalized spacial score (nSPS) is 16.9. The van der Waals surface area contributed by atoms with Crippen molar-refractivity contribution in [2.24, 2.45) is 5.16 Å². The van der Waals surface area contributed by atoms with Gasteiger partial charge >= 0.3 is 0 Å². The van der Waals surface area contributed by atoms with Gasteiger partial charge in [-0.3, -0.25) is 9.69 Å². The van der Waals surface area contributed by atoms with Gasteiger partial charge in [-0.1, -0.05) is 19.0 Å². The number of hydrogen-bond acceptors (Lipinski definition) is 5. The number of nitrogens with zero attached hydrogens (tertiary/aromatic N) is 2. The molecule has 2 rings (SSSR count). The summed E-state index contributed by atoms with van der Waals surface area (Å²) < 4.78 is 5.15. The summed E-state index contributed by atoms with van der Waals surface area (Å²) in [4.78, 5) is 19.4. The van der Waals surface area contributed by atoms with E-state index in [9.17, 15) is 4.79 Å². The van der Waals surface area contributed by atoms with E-state index in [4.69, 9.17) is 9.57 Å². The van der Waals surface area contributed by atoms with Gasteiger partial charge in [-0.05, 0) is 42.9 Å². The molecule has 1 heterocycles. The molecule has 0 aliphatic carbocycles. The van der Waals surface area contributed by atoms with E-state index in [1.165, 1.54) is 0 Å². The van der Waals surface area contributed by atoms with E-state index in [1.54, 1.807) is 7.11 Å². The van der Waals surface area contributed by atoms with Gasteiger partial charge in [0.15, 0.2) is 0 Å². The smallest absolute Gasteiger partial charge is 0.234 e. The lowest BCUT2D eigenvalue weighted by atomic mass is 10.0. The maximum Gasteiger partial charge on any atom is 0.234 e. The van der Waals surface area contributed by atoms with Crippen molar-refractivity contribution in [3.8, 4) is 5.75 Å². The summed E-state index contributed by atoms with van der Waals surface area (Å²) in [7, 11) is 1.64. The van der Waals surface area contributed by atoms with Crippen molar-refractivity contribution in [2.45, 2.75) is 26.4 Å². The molecule has 1 N–H and O–H groups in total. The van der Waals surface area contributed by atoms with Gasteiger partial charge < -0.3 is 14.9 Å². The van der Waals surface area contributed by atoms with Gasteiger partial charge in [0.25, 0.3) is 0 Å². The summed E-state index contributed by atoms with van der Waals surface area (Å²) in [6.07, 6.45) is 0.588. The minimum atomic E-state index is -0.104. The first-order valence-corrected chi connectivity index (χ1v) is 8.02. The fraction of sp³-hybridized carbons (Fsp3) is 0.529. The average Bonchev–Trinajstić information content (AvgIpc) is 3.07. The minimum absolute atomic E-state index is 0.0233. The lowest BCUT2D eigenvalue weighted by Crippen LogP contribution is -2.40. The van der Waals surface area contributed by atoms with Gasteiger partial charge in [0.2, 0.25) is 5.91 Å². The molecule has 23 heavy (non-hydrogen) atoms. The first kappa shape index (κ1) is 17.3. The number of nitrogens with one attached hydrogen (secondary N) is 1. The summed E-state index contributed by atoms with van der Waals surface area (Å²) in [6, 6.07) is 7.72. The van der Waals surface area contributed by atoms with Crippen LogP contribution in [0.1, 0.15) is 25.8 Å². The van der Waals surface area contributed by atoms with E-state index in [2.05, 4.69) is 15.4 Å². The first-order chi connectivity index (χ1) is 11.2. The SMILES string of the molecule is CCN(CC)CC(=O)NCC1CC(c2ccc(OC)cc2)=NO1. The molecule has 0 fully saturated rings. The molecule has 0 spiro atoms. The van der Waals surface area contributed by atoms with Crippen LogP contribution in [-0.4, -0.2) is 55.9 Å². The predicted molar refractivity (Wildman–Crippen MR) is 89.8 cm³/mol. The number of oxime groups is 1. The molecule has 0 bridgehead atoms. The van der Waals surface area contributed by atoms with Crippen molar-refractivity contribution in [1.29, 1.82) is 0 Å². The molecule has 1 amide bonds. The highest BCUT2D eigenvalue weighted by Gasteiger charge is 2.22. The molecule has 1 aliphatic rings. The van der Waals surface area contributed by atoms with E-state index in [1.807, 2.05) is 38.1 Å². The average molecular weight is 319 g/mol. The predicted octanol–water partition coefficient (Wildman–Crippen LogP) is 1.65. The summed E-state index contributed by atoms with van der Waals surface area (Å²) in [5.41, 5.74) is 1.92. The minimum Gasteiger partial charge on any atom is -0.497 e. The lowest BCUT2D eigenvalue weighted by Gasteiger charge is -2.18. The molecule has 1 aromatic carbocycles. The molecule has 1 aliphatic heterocycles. The van der Waals surface area contributed by atoms with Crippen LogP contribution in [0.2, 0.25) is 0 Å². The fourth-order valence-corrected chi connectivity index (χ4v) is 2.43. The number of methoxy groups -OCH3 is 1. The Morgan fingerprint density at radius 1 is 1.35 bits per heavy atom. The third-order valence-electron chi connectivity index (χ3n) is 3.94. The van der Waals surface area contributed by atoms with E-state index in [0.29, 0.717) is 19.5 Å². The number of amides is 1. The zero-order valence-electron chi connectivity index (χ0n) is 14.0. The first-order valence-electron chi connectivity index (χ1n) is 8.02. The van der Waals surface area contributed by atoms with Gasteiger partial charge in [-0.25, -0.2) is 0 Å². The Bertz CT molecular complexity index is 539. The largest absolute Gasteiger partial charge is 0.497 e. The van der Waals surface area contributed by atoms with Crippen molar-refractivity contribution in [3.05, 3.63) is 29.8 Å². The Balaban J connectivity index is 1.77. The van der Waals surface area contributed by atoms with Gasteiger partial charge in [0.05, 0.1) is 25.9 Å². The summed E-state index contributed by atoms with van der Waals surface area (Å²) in [6.45, 7) is 6.73. The Morgan fingerprint density at radius 3 is 2.65 bits per heavy atom. The van der Waals surface area contributed by atoms with Gasteiger partial charge in [-0.2, -0.15) is 0 Å². The summed E-state index contributed by atoms with van der Waals surface area (Å²) >= 11 is 0. The molecule has 6 nitrogen and oxygen atoms in total. The second-order valence-electron chi connectivity index (χ2n) is 5.46. The molecule has 6 heteroatoms. The van der Waals surface area contributed by atoms with Crippen LogP contribution in [0.5, 0.6) is 5.75 Å². The Labute approximate surface area is 137 Å². The highest BCUT2D eigenvalue weighted by atomic mass is 16.6. The van der Waals surface area contributed by atoms with Crippen molar-refractivity contribution < 1.29 is 14.4 Å². The molecule has 0 radical (unpaired) electrons. The Hall–Kier alpha value is -2.08. The number of hydrogen-bond donors (Lipinski definition) is 1. The van der Waals surface area contributed by atoms with Gasteiger partial charge in [-0.15, -0.1) is 0 Å². The van der Waals surface area contributed by atoms with Crippen LogP contribution >= 0.6 is 0 Å². The maximum atomic E-state index is 11.9. The van der Waals surface area contributed by atoms with E-state index in [-0.39, 0.29) is 12.0 Å². The van der Waals surface area contributed by atoms with Crippen molar-refractivity contribution in [1.82, 2.24) is 10.2 Å². The van der Waals surface area contributed by atoms with E-state index < -0.39 is 0 Å². The maximum absolute atomic E-state index is 11.9. The standard InChI is InChI=1S/C17H25N3O3/c1-4-20(5-2)12-17(21)18-11-15-10-16(19-23-15)13-6-8-14(22-3)9-7-13/h6-9,15H,4-5,10-12H2,1-3H3,(H,18,21). The number of carbonyl (C=O) groups excluding carboxylic acids is 1. The molecule has 0 saturated carbocycles. The Morgan fingerprint density at radius 2 is 2.04 bits per heavy atom. The third kappa shape index (κ3) is 4.96. The molecule has 1 atom stereocenters. The third-order valence-corrected chi connectivity index (χ3v) is 3.94. The van der Waals surface area contributed by atoms with Crippen LogP contribution in [-0.2, 0) is 9.63 Å². The number of benzene rings is 1. The van der Waals surface area contributed by atoms with Crippen molar-refractivity contribution in [2.75, 3.05) is 33.3 Å². The fourth-order valence-electron chi connectivity index (χ4n) is 2.43. The van der Waals surface area contributed by atoms with Crippen LogP contribution in [0.15, 0.2) is 29.4 Å². The van der Waals surface area contributed by atoms with Gasteiger partial charge in [0, 0.05) is 6.42 Å². The molecule has 1 unspecified atom stereocenters. The van der Waals surface area contributed by atoms with Crippen LogP contribution in [0.3, 0.4) is 0 Å². The molecule has 126 valence electrons.